The zero-order chi connectivity index (χ0) is 20.1. The van der Waals surface area contributed by atoms with Gasteiger partial charge < -0.3 is 15.0 Å². The quantitative estimate of drug-likeness (QED) is 0.795. The summed E-state index contributed by atoms with van der Waals surface area (Å²) in [5.74, 6) is 0.864. The zero-order valence-corrected chi connectivity index (χ0v) is 16.8. The molecular formula is C23H28N2O3. The van der Waals surface area contributed by atoms with Crippen LogP contribution in [0.15, 0.2) is 48.5 Å². The largest absolute Gasteiger partial charge is 0.496 e. The van der Waals surface area contributed by atoms with Gasteiger partial charge in [0.15, 0.2) is 0 Å². The van der Waals surface area contributed by atoms with E-state index in [1.807, 2.05) is 47.4 Å². The van der Waals surface area contributed by atoms with E-state index in [1.54, 1.807) is 7.11 Å². The standard InChI is InChI=1S/C23H28N2O3/c1-23(2)15-22(27)25(19-11-6-5-10-18(19)23)14-8-13-21(26)24-16-17-9-4-7-12-20(17)28-3/h4-7,9-12H,8,13-16H2,1-3H3,(H,24,26). The van der Waals surface area contributed by atoms with Gasteiger partial charge in [0.25, 0.3) is 0 Å². The lowest BCUT2D eigenvalue weighted by atomic mass is 9.77. The first kappa shape index (κ1) is 19.9. The van der Waals surface area contributed by atoms with E-state index < -0.39 is 0 Å². The number of rotatable bonds is 7. The molecule has 0 saturated heterocycles. The van der Waals surface area contributed by atoms with Crippen LogP contribution in [0.4, 0.5) is 5.69 Å². The fourth-order valence-corrected chi connectivity index (χ4v) is 3.76. The molecule has 1 aliphatic rings. The maximum atomic E-state index is 12.6. The fraction of sp³-hybridized carbons (Fsp3) is 0.391. The summed E-state index contributed by atoms with van der Waals surface area (Å²) in [6, 6.07) is 15.7. The number of anilines is 1. The Morgan fingerprint density at radius 1 is 1.14 bits per heavy atom. The molecule has 0 unspecified atom stereocenters. The number of amides is 2. The molecule has 0 spiro atoms. The van der Waals surface area contributed by atoms with Crippen molar-refractivity contribution in [2.24, 2.45) is 0 Å². The number of hydrogen-bond donors (Lipinski definition) is 1. The number of fused-ring (bicyclic) bond motifs is 1. The van der Waals surface area contributed by atoms with E-state index in [9.17, 15) is 9.59 Å². The van der Waals surface area contributed by atoms with Gasteiger partial charge >= 0.3 is 0 Å². The van der Waals surface area contributed by atoms with Crippen molar-refractivity contribution < 1.29 is 14.3 Å². The van der Waals surface area contributed by atoms with Crippen LogP contribution in [0, 0.1) is 0 Å². The van der Waals surface area contributed by atoms with E-state index in [4.69, 9.17) is 4.74 Å². The van der Waals surface area contributed by atoms with Crippen molar-refractivity contribution in [1.29, 1.82) is 0 Å². The number of hydrogen-bond acceptors (Lipinski definition) is 3. The maximum absolute atomic E-state index is 12.6. The number of para-hydroxylation sites is 2. The highest BCUT2D eigenvalue weighted by molar-refractivity contribution is 5.97. The van der Waals surface area contributed by atoms with Gasteiger partial charge in [-0.1, -0.05) is 50.2 Å². The second-order valence-electron chi connectivity index (χ2n) is 7.82. The van der Waals surface area contributed by atoms with E-state index >= 15 is 0 Å². The Labute approximate surface area is 166 Å². The smallest absolute Gasteiger partial charge is 0.227 e. The summed E-state index contributed by atoms with van der Waals surface area (Å²) < 4.78 is 5.30. The third-order valence-corrected chi connectivity index (χ3v) is 5.27. The fourth-order valence-electron chi connectivity index (χ4n) is 3.76. The first-order chi connectivity index (χ1) is 13.4. The second-order valence-corrected chi connectivity index (χ2v) is 7.82. The topological polar surface area (TPSA) is 58.6 Å². The number of ether oxygens (including phenoxy) is 1. The summed E-state index contributed by atoms with van der Waals surface area (Å²) in [5, 5.41) is 2.93. The molecule has 0 fully saturated rings. The van der Waals surface area contributed by atoms with Gasteiger partial charge in [-0.25, -0.2) is 0 Å². The van der Waals surface area contributed by atoms with Crippen LogP contribution in [-0.4, -0.2) is 25.5 Å². The molecule has 0 saturated carbocycles. The van der Waals surface area contributed by atoms with Crippen LogP contribution < -0.4 is 15.0 Å². The molecule has 2 amide bonds. The SMILES string of the molecule is COc1ccccc1CNC(=O)CCCN1C(=O)CC(C)(C)c2ccccc21. The lowest BCUT2D eigenvalue weighted by Gasteiger charge is -2.38. The molecule has 2 aromatic rings. The molecule has 2 aromatic carbocycles. The Bertz CT molecular complexity index is 860. The van der Waals surface area contributed by atoms with Gasteiger partial charge in [0.1, 0.15) is 5.75 Å². The van der Waals surface area contributed by atoms with Crippen LogP contribution in [-0.2, 0) is 21.5 Å². The van der Waals surface area contributed by atoms with Crippen molar-refractivity contribution in [3.05, 3.63) is 59.7 Å². The minimum Gasteiger partial charge on any atom is -0.496 e. The van der Waals surface area contributed by atoms with Crippen LogP contribution >= 0.6 is 0 Å². The van der Waals surface area contributed by atoms with Crippen molar-refractivity contribution in [1.82, 2.24) is 5.32 Å². The van der Waals surface area contributed by atoms with Gasteiger partial charge in [-0.05, 0) is 24.1 Å². The van der Waals surface area contributed by atoms with Gasteiger partial charge in [-0.3, -0.25) is 9.59 Å². The van der Waals surface area contributed by atoms with Crippen molar-refractivity contribution in [2.75, 3.05) is 18.6 Å². The van der Waals surface area contributed by atoms with Gasteiger partial charge in [-0.2, -0.15) is 0 Å². The monoisotopic (exact) mass is 380 g/mol. The molecular weight excluding hydrogens is 352 g/mol. The summed E-state index contributed by atoms with van der Waals surface area (Å²) in [6.45, 7) is 5.19. The number of carbonyl (C=O) groups is 2. The summed E-state index contributed by atoms with van der Waals surface area (Å²) in [5.41, 5.74) is 2.95. The Balaban J connectivity index is 1.55. The molecule has 1 N–H and O–H groups in total. The van der Waals surface area contributed by atoms with Crippen molar-refractivity contribution >= 4 is 17.5 Å². The molecule has 0 atom stereocenters. The van der Waals surface area contributed by atoms with Crippen LogP contribution in [0.2, 0.25) is 0 Å². The van der Waals surface area contributed by atoms with E-state index in [1.165, 1.54) is 5.56 Å². The first-order valence-electron chi connectivity index (χ1n) is 9.71. The van der Waals surface area contributed by atoms with E-state index in [0.29, 0.717) is 32.4 Å². The Morgan fingerprint density at radius 2 is 1.86 bits per heavy atom. The molecule has 0 aromatic heterocycles. The average Bonchev–Trinajstić information content (AvgIpc) is 2.68. The number of nitrogens with zero attached hydrogens (tertiary/aromatic N) is 1. The minimum atomic E-state index is -0.156. The van der Waals surface area contributed by atoms with Crippen molar-refractivity contribution in [3.63, 3.8) is 0 Å². The molecule has 3 rings (SSSR count). The molecule has 0 aliphatic carbocycles. The molecule has 0 bridgehead atoms. The predicted octanol–water partition coefficient (Wildman–Crippen LogP) is 3.81. The highest BCUT2D eigenvalue weighted by Crippen LogP contribution is 2.39. The molecule has 28 heavy (non-hydrogen) atoms. The van der Waals surface area contributed by atoms with Crippen molar-refractivity contribution in [3.8, 4) is 5.75 Å². The van der Waals surface area contributed by atoms with Gasteiger partial charge in [0.05, 0.1) is 7.11 Å². The molecule has 148 valence electrons. The molecule has 0 radical (unpaired) electrons. The summed E-state index contributed by atoms with van der Waals surface area (Å²) in [6.07, 6.45) is 1.49. The van der Waals surface area contributed by atoms with E-state index in [2.05, 4.69) is 25.2 Å². The number of nitrogens with one attached hydrogen (secondary N) is 1. The zero-order valence-electron chi connectivity index (χ0n) is 16.8. The third kappa shape index (κ3) is 4.35. The lowest BCUT2D eigenvalue weighted by molar-refractivity contribution is -0.122. The second kappa shape index (κ2) is 8.46. The molecule has 1 aliphatic heterocycles. The highest BCUT2D eigenvalue weighted by atomic mass is 16.5. The number of carbonyl (C=O) groups excluding carboxylic acids is 2. The number of methoxy groups -OCH3 is 1. The average molecular weight is 380 g/mol. The predicted molar refractivity (Wildman–Crippen MR) is 111 cm³/mol. The third-order valence-electron chi connectivity index (χ3n) is 5.27. The Morgan fingerprint density at radius 3 is 2.64 bits per heavy atom. The molecule has 5 nitrogen and oxygen atoms in total. The first-order valence-corrected chi connectivity index (χ1v) is 9.71. The normalized spacial score (nSPS) is 15.1. The van der Waals surface area contributed by atoms with E-state index in [-0.39, 0.29) is 17.2 Å². The number of benzene rings is 2. The van der Waals surface area contributed by atoms with Gasteiger partial charge in [0.2, 0.25) is 11.8 Å². The Kier molecular flexibility index (Phi) is 6.02. The molecule has 5 heteroatoms. The van der Waals surface area contributed by atoms with Gasteiger partial charge in [-0.15, -0.1) is 0 Å². The van der Waals surface area contributed by atoms with Crippen LogP contribution in [0.1, 0.15) is 44.2 Å². The molecule has 1 heterocycles. The Hall–Kier alpha value is -2.82. The minimum absolute atomic E-state index is 0.0241. The summed E-state index contributed by atoms with van der Waals surface area (Å²) >= 11 is 0. The van der Waals surface area contributed by atoms with Crippen LogP contribution in [0.3, 0.4) is 0 Å². The van der Waals surface area contributed by atoms with Crippen LogP contribution in [0.5, 0.6) is 5.75 Å². The van der Waals surface area contributed by atoms with E-state index in [0.717, 1.165) is 17.0 Å². The van der Waals surface area contributed by atoms with Crippen molar-refractivity contribution in [2.45, 2.75) is 45.1 Å². The maximum Gasteiger partial charge on any atom is 0.227 e. The summed E-state index contributed by atoms with van der Waals surface area (Å²) in [7, 11) is 1.62. The highest BCUT2D eigenvalue weighted by Gasteiger charge is 2.35. The van der Waals surface area contributed by atoms with Gasteiger partial charge in [0, 0.05) is 42.6 Å². The summed E-state index contributed by atoms with van der Waals surface area (Å²) in [4.78, 5) is 26.7. The van der Waals surface area contributed by atoms with Crippen LogP contribution in [0.25, 0.3) is 0 Å². The lowest BCUT2D eigenvalue weighted by Crippen LogP contribution is -2.42.